The Bertz CT molecular complexity index is 460. The summed E-state index contributed by atoms with van der Waals surface area (Å²) >= 11 is 0. The summed E-state index contributed by atoms with van der Waals surface area (Å²) in [6.45, 7) is 6.87. The van der Waals surface area contributed by atoms with E-state index in [0.29, 0.717) is 12.1 Å². The van der Waals surface area contributed by atoms with E-state index < -0.39 is 0 Å². The summed E-state index contributed by atoms with van der Waals surface area (Å²) in [6.07, 6.45) is 8.30. The van der Waals surface area contributed by atoms with Gasteiger partial charge >= 0.3 is 0 Å². The first-order valence-electron chi connectivity index (χ1n) is 7.92. The van der Waals surface area contributed by atoms with E-state index in [0.717, 1.165) is 13.1 Å². The van der Waals surface area contributed by atoms with Crippen LogP contribution in [0.15, 0.2) is 42.5 Å². The SMILES string of the molecule is CCC1(C)CN(C2CC=CC2)C(c2ccccc2)CN1. The largest absolute Gasteiger partial charge is 0.308 e. The third-order valence-electron chi connectivity index (χ3n) is 5.07. The molecule has 1 aliphatic heterocycles. The lowest BCUT2D eigenvalue weighted by Crippen LogP contribution is -2.61. The van der Waals surface area contributed by atoms with Crippen LogP contribution in [-0.2, 0) is 0 Å². The van der Waals surface area contributed by atoms with Crippen molar-refractivity contribution in [2.24, 2.45) is 0 Å². The Hall–Kier alpha value is -1.12. The number of rotatable bonds is 3. The normalized spacial score (nSPS) is 31.8. The van der Waals surface area contributed by atoms with Crippen molar-refractivity contribution in [3.63, 3.8) is 0 Å². The minimum absolute atomic E-state index is 0.258. The van der Waals surface area contributed by atoms with Gasteiger partial charge in [-0.15, -0.1) is 0 Å². The second-order valence-electron chi connectivity index (χ2n) is 6.49. The van der Waals surface area contributed by atoms with Gasteiger partial charge in [-0.05, 0) is 31.7 Å². The first kappa shape index (κ1) is 13.8. The average Bonchev–Trinajstić information content (AvgIpc) is 3.02. The van der Waals surface area contributed by atoms with Crippen molar-refractivity contribution in [3.05, 3.63) is 48.0 Å². The Morgan fingerprint density at radius 1 is 1.20 bits per heavy atom. The molecule has 0 radical (unpaired) electrons. The van der Waals surface area contributed by atoms with Crippen LogP contribution in [0.3, 0.4) is 0 Å². The molecule has 2 aliphatic rings. The van der Waals surface area contributed by atoms with Crippen LogP contribution in [0, 0.1) is 0 Å². The van der Waals surface area contributed by atoms with Crippen molar-refractivity contribution in [3.8, 4) is 0 Å². The number of piperazine rings is 1. The number of nitrogens with one attached hydrogen (secondary N) is 1. The van der Waals surface area contributed by atoms with E-state index in [4.69, 9.17) is 0 Å². The number of hydrogen-bond donors (Lipinski definition) is 1. The molecule has 1 aliphatic carbocycles. The van der Waals surface area contributed by atoms with Gasteiger partial charge in [-0.25, -0.2) is 0 Å². The van der Waals surface area contributed by atoms with Gasteiger partial charge in [-0.3, -0.25) is 4.90 Å². The molecule has 108 valence electrons. The molecular weight excluding hydrogens is 244 g/mol. The first-order chi connectivity index (χ1) is 9.72. The fourth-order valence-corrected chi connectivity index (χ4v) is 3.51. The lowest BCUT2D eigenvalue weighted by Gasteiger charge is -2.48. The quantitative estimate of drug-likeness (QED) is 0.845. The van der Waals surface area contributed by atoms with Crippen LogP contribution in [-0.4, -0.2) is 29.6 Å². The highest BCUT2D eigenvalue weighted by Crippen LogP contribution is 2.33. The summed E-state index contributed by atoms with van der Waals surface area (Å²) < 4.78 is 0. The van der Waals surface area contributed by atoms with Crippen LogP contribution in [0.25, 0.3) is 0 Å². The van der Waals surface area contributed by atoms with Crippen LogP contribution in [0.1, 0.15) is 44.7 Å². The minimum Gasteiger partial charge on any atom is -0.308 e. The molecule has 1 aromatic rings. The second kappa shape index (κ2) is 5.71. The van der Waals surface area contributed by atoms with Gasteiger partial charge in [0.25, 0.3) is 0 Å². The Morgan fingerprint density at radius 2 is 1.90 bits per heavy atom. The van der Waals surface area contributed by atoms with Crippen LogP contribution < -0.4 is 5.32 Å². The summed E-state index contributed by atoms with van der Waals surface area (Å²) in [6, 6.07) is 12.2. The molecule has 0 spiro atoms. The molecule has 0 amide bonds. The first-order valence-corrected chi connectivity index (χ1v) is 7.92. The Kier molecular flexibility index (Phi) is 3.95. The third-order valence-corrected chi connectivity index (χ3v) is 5.07. The van der Waals surface area contributed by atoms with Gasteiger partial charge < -0.3 is 5.32 Å². The Morgan fingerprint density at radius 3 is 2.55 bits per heavy atom. The topological polar surface area (TPSA) is 15.3 Å². The maximum absolute atomic E-state index is 3.79. The lowest BCUT2D eigenvalue weighted by atomic mass is 9.89. The highest BCUT2D eigenvalue weighted by molar-refractivity contribution is 5.22. The molecule has 1 N–H and O–H groups in total. The van der Waals surface area contributed by atoms with Crippen molar-refractivity contribution < 1.29 is 0 Å². The van der Waals surface area contributed by atoms with E-state index in [1.165, 1.54) is 24.8 Å². The number of benzene rings is 1. The molecule has 2 nitrogen and oxygen atoms in total. The molecule has 2 atom stereocenters. The lowest BCUT2D eigenvalue weighted by molar-refractivity contribution is 0.0489. The van der Waals surface area contributed by atoms with E-state index >= 15 is 0 Å². The van der Waals surface area contributed by atoms with Gasteiger partial charge in [0.1, 0.15) is 0 Å². The summed E-state index contributed by atoms with van der Waals surface area (Å²) in [4.78, 5) is 2.75. The number of nitrogens with zero attached hydrogens (tertiary/aromatic N) is 1. The second-order valence-corrected chi connectivity index (χ2v) is 6.49. The molecule has 3 rings (SSSR count). The summed E-state index contributed by atoms with van der Waals surface area (Å²) in [7, 11) is 0. The smallest absolute Gasteiger partial charge is 0.0476 e. The maximum atomic E-state index is 3.79. The molecular formula is C18H26N2. The molecule has 1 aromatic carbocycles. The van der Waals surface area contributed by atoms with Crippen LogP contribution in [0.4, 0.5) is 0 Å². The van der Waals surface area contributed by atoms with Crippen molar-refractivity contribution in [1.82, 2.24) is 10.2 Å². The molecule has 20 heavy (non-hydrogen) atoms. The zero-order valence-corrected chi connectivity index (χ0v) is 12.7. The predicted octanol–water partition coefficient (Wildman–Crippen LogP) is 3.52. The summed E-state index contributed by atoms with van der Waals surface area (Å²) in [5.74, 6) is 0. The molecule has 1 saturated heterocycles. The fourth-order valence-electron chi connectivity index (χ4n) is 3.51. The van der Waals surface area contributed by atoms with E-state index in [9.17, 15) is 0 Å². The molecule has 0 saturated carbocycles. The van der Waals surface area contributed by atoms with E-state index in [1.807, 2.05) is 0 Å². The van der Waals surface area contributed by atoms with Crippen LogP contribution in [0.5, 0.6) is 0 Å². The molecule has 1 fully saturated rings. The van der Waals surface area contributed by atoms with Crippen molar-refractivity contribution in [2.75, 3.05) is 13.1 Å². The van der Waals surface area contributed by atoms with Gasteiger partial charge in [-0.1, -0.05) is 49.4 Å². The van der Waals surface area contributed by atoms with Crippen LogP contribution in [0.2, 0.25) is 0 Å². The van der Waals surface area contributed by atoms with Gasteiger partial charge in [0, 0.05) is 30.7 Å². The van der Waals surface area contributed by atoms with Crippen molar-refractivity contribution in [1.29, 1.82) is 0 Å². The van der Waals surface area contributed by atoms with E-state index in [2.05, 4.69) is 66.5 Å². The molecule has 2 heteroatoms. The fraction of sp³-hybridized carbons (Fsp3) is 0.556. The molecule has 2 unspecified atom stereocenters. The van der Waals surface area contributed by atoms with Gasteiger partial charge in [0.15, 0.2) is 0 Å². The minimum atomic E-state index is 0.258. The third kappa shape index (κ3) is 2.68. The van der Waals surface area contributed by atoms with Gasteiger partial charge in [0.2, 0.25) is 0 Å². The zero-order valence-electron chi connectivity index (χ0n) is 12.7. The molecule has 0 bridgehead atoms. The summed E-state index contributed by atoms with van der Waals surface area (Å²) in [5, 5.41) is 3.79. The predicted molar refractivity (Wildman–Crippen MR) is 84.7 cm³/mol. The van der Waals surface area contributed by atoms with Crippen molar-refractivity contribution in [2.45, 2.75) is 50.7 Å². The molecule has 0 aromatic heterocycles. The number of hydrogen-bond acceptors (Lipinski definition) is 2. The van der Waals surface area contributed by atoms with Gasteiger partial charge in [0.05, 0.1) is 0 Å². The highest BCUT2D eigenvalue weighted by atomic mass is 15.3. The monoisotopic (exact) mass is 270 g/mol. The maximum Gasteiger partial charge on any atom is 0.0476 e. The van der Waals surface area contributed by atoms with E-state index in [1.54, 1.807) is 0 Å². The standard InChI is InChI=1S/C18H26N2/c1-3-18(2)14-20(16-11-7-8-12-16)17(13-19-18)15-9-5-4-6-10-15/h4-10,16-17,19H,3,11-14H2,1-2H3. The average molecular weight is 270 g/mol. The van der Waals surface area contributed by atoms with Crippen LogP contribution >= 0.6 is 0 Å². The zero-order chi connectivity index (χ0) is 14.0. The van der Waals surface area contributed by atoms with Crippen molar-refractivity contribution >= 4 is 0 Å². The Labute approximate surface area is 122 Å². The van der Waals surface area contributed by atoms with E-state index in [-0.39, 0.29) is 5.54 Å². The van der Waals surface area contributed by atoms with Gasteiger partial charge in [-0.2, -0.15) is 0 Å². The highest BCUT2D eigenvalue weighted by Gasteiger charge is 2.38. The molecule has 1 heterocycles. The Balaban J connectivity index is 1.84. The summed E-state index contributed by atoms with van der Waals surface area (Å²) in [5.41, 5.74) is 1.71.